The Morgan fingerprint density at radius 3 is 3.00 bits per heavy atom. The fourth-order valence-electron chi connectivity index (χ4n) is 2.11. The Kier molecular flexibility index (Phi) is 3.57. The molecule has 1 aromatic carbocycles. The van der Waals surface area contributed by atoms with Gasteiger partial charge in [0.15, 0.2) is 0 Å². The van der Waals surface area contributed by atoms with E-state index in [4.69, 9.17) is 0 Å². The molecule has 0 atom stereocenters. The van der Waals surface area contributed by atoms with E-state index in [0.29, 0.717) is 19.0 Å². The molecule has 2 aromatic rings. The van der Waals surface area contributed by atoms with Crippen molar-refractivity contribution in [3.63, 3.8) is 0 Å². The van der Waals surface area contributed by atoms with Gasteiger partial charge in [-0.25, -0.2) is 18.7 Å². The summed E-state index contributed by atoms with van der Waals surface area (Å²) in [6.45, 7) is 1.46. The summed E-state index contributed by atoms with van der Waals surface area (Å²) in [5, 5.41) is 5.52. The Bertz CT molecular complexity index is 705. The quantitative estimate of drug-likeness (QED) is 0.882. The number of amides is 1. The zero-order valence-corrected chi connectivity index (χ0v) is 11.0. The smallest absolute Gasteiger partial charge is 0.293 e. The van der Waals surface area contributed by atoms with Crippen molar-refractivity contribution in [2.45, 2.75) is 13.0 Å². The summed E-state index contributed by atoms with van der Waals surface area (Å²) in [6, 6.07) is 2.93. The van der Waals surface area contributed by atoms with Gasteiger partial charge in [-0.05, 0) is 12.1 Å². The van der Waals surface area contributed by atoms with E-state index in [1.807, 2.05) is 0 Å². The van der Waals surface area contributed by atoms with Gasteiger partial charge in [0.05, 0.1) is 11.4 Å². The first-order valence-electron chi connectivity index (χ1n) is 6.45. The monoisotopic (exact) mass is 290 g/mol. The van der Waals surface area contributed by atoms with Crippen LogP contribution >= 0.6 is 0 Å². The highest BCUT2D eigenvalue weighted by molar-refractivity contribution is 6.01. The Morgan fingerprint density at radius 2 is 2.19 bits per heavy atom. The molecule has 0 saturated heterocycles. The van der Waals surface area contributed by atoms with Gasteiger partial charge in [0.2, 0.25) is 5.82 Å². The zero-order chi connectivity index (χ0) is 14.8. The first-order valence-corrected chi connectivity index (χ1v) is 6.45. The van der Waals surface area contributed by atoms with E-state index in [1.165, 1.54) is 0 Å². The van der Waals surface area contributed by atoms with Crippen LogP contribution in [-0.4, -0.2) is 22.4 Å². The van der Waals surface area contributed by atoms with Gasteiger partial charge in [-0.2, -0.15) is 0 Å². The maximum Gasteiger partial charge on any atom is 0.293 e. The molecule has 3 rings (SSSR count). The molecular formula is C14H12F2N4O. The van der Waals surface area contributed by atoms with Gasteiger partial charge in [0.1, 0.15) is 11.6 Å². The van der Waals surface area contributed by atoms with Crippen LogP contribution in [0.4, 0.5) is 14.5 Å². The third kappa shape index (κ3) is 2.87. The highest BCUT2D eigenvalue weighted by Gasteiger charge is 2.17. The largest absolute Gasteiger partial charge is 0.317 e. The van der Waals surface area contributed by atoms with Crippen LogP contribution in [0.25, 0.3) is 0 Å². The van der Waals surface area contributed by atoms with Crippen molar-refractivity contribution < 1.29 is 13.6 Å². The van der Waals surface area contributed by atoms with Crippen molar-refractivity contribution >= 4 is 11.6 Å². The van der Waals surface area contributed by atoms with E-state index >= 15 is 0 Å². The third-order valence-electron chi connectivity index (χ3n) is 3.19. The molecule has 1 aromatic heterocycles. The number of nitrogens with zero attached hydrogens (tertiary/aromatic N) is 2. The number of carbonyl (C=O) groups is 1. The molecule has 108 valence electrons. The lowest BCUT2D eigenvalue weighted by Crippen LogP contribution is -2.26. The average Bonchev–Trinajstić information content (AvgIpc) is 2.49. The Balaban J connectivity index is 1.82. The molecule has 1 aliphatic heterocycles. The van der Waals surface area contributed by atoms with Gasteiger partial charge in [-0.1, -0.05) is 0 Å². The molecule has 5 nitrogen and oxygen atoms in total. The van der Waals surface area contributed by atoms with Crippen LogP contribution in [0.2, 0.25) is 0 Å². The molecule has 0 aliphatic carbocycles. The number of carbonyl (C=O) groups excluding carboxylic acids is 1. The first-order chi connectivity index (χ1) is 10.1. The van der Waals surface area contributed by atoms with Gasteiger partial charge in [0, 0.05) is 37.3 Å². The maximum atomic E-state index is 13.5. The maximum absolute atomic E-state index is 13.5. The predicted molar refractivity (Wildman–Crippen MR) is 71.8 cm³/mol. The minimum atomic E-state index is -0.842. The Labute approximate surface area is 119 Å². The topological polar surface area (TPSA) is 66.9 Å². The number of rotatable bonds is 2. The minimum absolute atomic E-state index is 0.0284. The molecule has 0 unspecified atom stereocenters. The SMILES string of the molecule is O=C(Nc1ccc(F)cc1F)c1ncc2c(n1)CCNC2. The van der Waals surface area contributed by atoms with Gasteiger partial charge >= 0.3 is 0 Å². The second-order valence-electron chi connectivity index (χ2n) is 4.67. The Morgan fingerprint density at radius 1 is 1.33 bits per heavy atom. The van der Waals surface area contributed by atoms with Crippen LogP contribution in [0.15, 0.2) is 24.4 Å². The summed E-state index contributed by atoms with van der Waals surface area (Å²) in [5.74, 6) is -2.20. The molecule has 7 heteroatoms. The molecule has 0 bridgehead atoms. The molecule has 2 heterocycles. The second kappa shape index (κ2) is 5.53. The number of anilines is 1. The summed E-state index contributed by atoms with van der Waals surface area (Å²) in [4.78, 5) is 20.2. The van der Waals surface area contributed by atoms with Gasteiger partial charge in [-0.3, -0.25) is 4.79 Å². The van der Waals surface area contributed by atoms with E-state index in [-0.39, 0.29) is 11.5 Å². The van der Waals surface area contributed by atoms with Crippen molar-refractivity contribution in [3.05, 3.63) is 53.1 Å². The summed E-state index contributed by atoms with van der Waals surface area (Å²) in [5.41, 5.74) is 1.66. The molecule has 1 aliphatic rings. The summed E-state index contributed by atoms with van der Waals surface area (Å²) >= 11 is 0. The lowest BCUT2D eigenvalue weighted by molar-refractivity contribution is 0.101. The third-order valence-corrected chi connectivity index (χ3v) is 3.19. The van der Waals surface area contributed by atoms with Crippen LogP contribution < -0.4 is 10.6 Å². The average molecular weight is 290 g/mol. The fraction of sp³-hybridized carbons (Fsp3) is 0.214. The van der Waals surface area contributed by atoms with Crippen LogP contribution in [0.5, 0.6) is 0 Å². The minimum Gasteiger partial charge on any atom is -0.317 e. The van der Waals surface area contributed by atoms with E-state index in [9.17, 15) is 13.6 Å². The molecule has 0 fully saturated rings. The number of hydrogen-bond acceptors (Lipinski definition) is 4. The van der Waals surface area contributed by atoms with Crippen molar-refractivity contribution in [2.75, 3.05) is 11.9 Å². The van der Waals surface area contributed by atoms with E-state index < -0.39 is 17.5 Å². The molecule has 0 saturated carbocycles. The van der Waals surface area contributed by atoms with Crippen LogP contribution in [0.1, 0.15) is 21.9 Å². The van der Waals surface area contributed by atoms with Crippen molar-refractivity contribution in [1.29, 1.82) is 0 Å². The summed E-state index contributed by atoms with van der Waals surface area (Å²) in [6.07, 6.45) is 2.30. The van der Waals surface area contributed by atoms with E-state index in [2.05, 4.69) is 20.6 Å². The number of fused-ring (bicyclic) bond motifs is 1. The van der Waals surface area contributed by atoms with E-state index in [1.54, 1.807) is 6.20 Å². The number of halogens is 2. The molecule has 0 spiro atoms. The normalized spacial score (nSPS) is 13.6. The first kappa shape index (κ1) is 13.6. The fourth-order valence-corrected chi connectivity index (χ4v) is 2.11. The number of benzene rings is 1. The lowest BCUT2D eigenvalue weighted by atomic mass is 10.1. The number of aromatic nitrogens is 2. The van der Waals surface area contributed by atoms with Crippen molar-refractivity contribution in [2.24, 2.45) is 0 Å². The molecule has 21 heavy (non-hydrogen) atoms. The molecular weight excluding hydrogens is 278 g/mol. The zero-order valence-electron chi connectivity index (χ0n) is 11.0. The molecule has 0 radical (unpaired) electrons. The van der Waals surface area contributed by atoms with Crippen LogP contribution in [-0.2, 0) is 13.0 Å². The summed E-state index contributed by atoms with van der Waals surface area (Å²) in [7, 11) is 0. The van der Waals surface area contributed by atoms with Gasteiger partial charge in [-0.15, -0.1) is 0 Å². The molecule has 2 N–H and O–H groups in total. The van der Waals surface area contributed by atoms with Crippen molar-refractivity contribution in [1.82, 2.24) is 15.3 Å². The number of nitrogens with one attached hydrogen (secondary N) is 2. The van der Waals surface area contributed by atoms with E-state index in [0.717, 1.165) is 29.9 Å². The standard InChI is InChI=1S/C14H12F2N4O/c15-9-1-2-12(10(16)5-9)20-14(21)13-18-7-8-6-17-4-3-11(8)19-13/h1-2,5,7,17H,3-4,6H2,(H,20,21). The summed E-state index contributed by atoms with van der Waals surface area (Å²) < 4.78 is 26.3. The van der Waals surface area contributed by atoms with Gasteiger partial charge in [0.25, 0.3) is 5.91 Å². The Hall–Kier alpha value is -2.41. The highest BCUT2D eigenvalue weighted by atomic mass is 19.1. The number of hydrogen-bond donors (Lipinski definition) is 2. The van der Waals surface area contributed by atoms with Crippen molar-refractivity contribution in [3.8, 4) is 0 Å². The van der Waals surface area contributed by atoms with Crippen LogP contribution in [0.3, 0.4) is 0 Å². The van der Waals surface area contributed by atoms with Gasteiger partial charge < -0.3 is 10.6 Å². The molecule has 1 amide bonds. The lowest BCUT2D eigenvalue weighted by Gasteiger charge is -2.15. The predicted octanol–water partition coefficient (Wildman–Crippen LogP) is 1.65. The second-order valence-corrected chi connectivity index (χ2v) is 4.67. The highest BCUT2D eigenvalue weighted by Crippen LogP contribution is 2.16. The van der Waals surface area contributed by atoms with Crippen LogP contribution in [0, 0.1) is 11.6 Å².